The van der Waals surface area contributed by atoms with Gasteiger partial charge in [-0.25, -0.2) is 4.90 Å². The van der Waals surface area contributed by atoms with Crippen molar-refractivity contribution in [2.75, 3.05) is 13.2 Å². The molecule has 0 aromatic carbocycles. The number of aliphatic hydroxyl groups excluding tert-OH is 1. The van der Waals surface area contributed by atoms with Crippen LogP contribution in [0.1, 0.15) is 18.4 Å². The number of halogens is 3. The van der Waals surface area contributed by atoms with Crippen molar-refractivity contribution in [3.8, 4) is 12.3 Å². The number of terminal acetylenes is 1. The van der Waals surface area contributed by atoms with Crippen molar-refractivity contribution in [1.29, 1.82) is 0 Å². The maximum absolute atomic E-state index is 12.6. The van der Waals surface area contributed by atoms with E-state index in [-0.39, 0.29) is 30.6 Å². The van der Waals surface area contributed by atoms with Gasteiger partial charge in [0.2, 0.25) is 11.2 Å². The maximum atomic E-state index is 12.6. The molecule has 0 radical (unpaired) electrons. The summed E-state index contributed by atoms with van der Waals surface area (Å²) in [6, 6.07) is -0.358. The fraction of sp³-hybridized carbons (Fsp3) is 0.636. The second-order valence-corrected chi connectivity index (χ2v) is 5.62. The summed E-state index contributed by atoms with van der Waals surface area (Å²) in [5.74, 6) is 2.49. The zero-order valence-electron chi connectivity index (χ0n) is 11.0. The van der Waals surface area contributed by atoms with Crippen LogP contribution in [0.25, 0.3) is 0 Å². The van der Waals surface area contributed by atoms with Crippen molar-refractivity contribution in [2.24, 2.45) is 0 Å². The average molecular weight is 322 g/mol. The number of nitrogens with zero attached hydrogens (tertiary/aromatic N) is 4. The predicted octanol–water partition coefficient (Wildman–Crippen LogP) is 1.37. The van der Waals surface area contributed by atoms with E-state index in [1.807, 2.05) is 6.92 Å². The summed E-state index contributed by atoms with van der Waals surface area (Å²) in [6.45, 7) is 1.55. The Morgan fingerprint density at radius 3 is 2.76 bits per heavy atom. The first kappa shape index (κ1) is 16.1. The highest BCUT2D eigenvalue weighted by Gasteiger charge is 2.46. The van der Waals surface area contributed by atoms with Crippen LogP contribution in [0.4, 0.5) is 18.3 Å². The number of quaternary nitrogens is 1. The minimum absolute atomic E-state index is 0.0207. The molecule has 1 aliphatic rings. The number of hydrogen-bond donors (Lipinski definition) is 1. The minimum atomic E-state index is -4.66. The van der Waals surface area contributed by atoms with E-state index in [9.17, 15) is 23.5 Å². The summed E-state index contributed by atoms with van der Waals surface area (Å²) in [7, 11) is 0. The topological polar surface area (TPSA) is 72.3 Å². The molecule has 1 N–H and O–H groups in total. The highest BCUT2D eigenvalue weighted by Crippen LogP contribution is 2.39. The highest BCUT2D eigenvalue weighted by molar-refractivity contribution is 7.15. The molecule has 1 saturated heterocycles. The molecule has 1 fully saturated rings. The van der Waals surface area contributed by atoms with Gasteiger partial charge in [-0.15, -0.1) is 11.5 Å². The van der Waals surface area contributed by atoms with Crippen molar-refractivity contribution >= 4 is 16.5 Å². The van der Waals surface area contributed by atoms with Gasteiger partial charge in [0, 0.05) is 0 Å². The van der Waals surface area contributed by atoms with Crippen LogP contribution in [0.15, 0.2) is 0 Å². The molecule has 0 saturated carbocycles. The molecule has 2 heterocycles. The number of alkyl halides is 3. The molecule has 1 aromatic heterocycles. The quantitative estimate of drug-likeness (QED) is 0.517. The Balaban J connectivity index is 2.26. The van der Waals surface area contributed by atoms with Crippen molar-refractivity contribution < 1.29 is 18.3 Å². The van der Waals surface area contributed by atoms with Crippen LogP contribution in [0.5, 0.6) is 0 Å². The molecule has 3 atom stereocenters. The van der Waals surface area contributed by atoms with Crippen LogP contribution < -0.4 is 4.65 Å². The summed E-state index contributed by atoms with van der Waals surface area (Å²) >= 11 is 0.143. The molecule has 10 heteroatoms. The van der Waals surface area contributed by atoms with Gasteiger partial charge >= 0.3 is 11.3 Å². The molecule has 3 unspecified atom stereocenters. The molecule has 116 valence electrons. The Hall–Kier alpha value is -1.25. The van der Waals surface area contributed by atoms with E-state index in [0.29, 0.717) is 6.42 Å². The molecule has 2 rings (SSSR count). The smallest absolute Gasteiger partial charge is 0.445 e. The third kappa shape index (κ3) is 2.88. The summed E-state index contributed by atoms with van der Waals surface area (Å²) in [5, 5.41) is 27.2. The first-order valence-electron chi connectivity index (χ1n) is 6.10. The summed E-state index contributed by atoms with van der Waals surface area (Å²) in [5.41, 5.74) is 0. The number of hydrogen-bond acceptors (Lipinski definition) is 6. The van der Waals surface area contributed by atoms with Crippen molar-refractivity contribution in [1.82, 2.24) is 19.7 Å². The largest absolute Gasteiger partial charge is 0.623 e. The third-order valence-corrected chi connectivity index (χ3v) is 4.35. The molecule has 6 nitrogen and oxygen atoms in total. The zero-order valence-corrected chi connectivity index (χ0v) is 11.9. The lowest BCUT2D eigenvalue weighted by Gasteiger charge is -2.37. The standard InChI is InChI=1S/C11H13F3N4O2S/c1-3-7(4-2)17-5-8(19)18(20,6-17)10-16-15-9(21-10)11(12,13)14/h1,7-8,19H,4-6H2,2H3. The monoisotopic (exact) mass is 322 g/mol. The molecule has 0 amide bonds. The number of aromatic nitrogens is 2. The van der Waals surface area contributed by atoms with Gasteiger partial charge in [0.25, 0.3) is 0 Å². The fourth-order valence-electron chi connectivity index (χ4n) is 2.14. The minimum Gasteiger partial charge on any atom is -0.623 e. The lowest BCUT2D eigenvalue weighted by molar-refractivity contribution is -0.138. The maximum Gasteiger partial charge on any atom is 0.445 e. The van der Waals surface area contributed by atoms with E-state index < -0.39 is 27.2 Å². The van der Waals surface area contributed by atoms with Crippen molar-refractivity contribution in [3.05, 3.63) is 10.2 Å². The molecular weight excluding hydrogens is 309 g/mol. The van der Waals surface area contributed by atoms with E-state index in [1.54, 1.807) is 4.90 Å². The lowest BCUT2D eigenvalue weighted by atomic mass is 10.2. The van der Waals surface area contributed by atoms with Crippen LogP contribution in [0.3, 0.4) is 0 Å². The number of rotatable bonds is 3. The molecule has 1 aliphatic heterocycles. The average Bonchev–Trinajstić information content (AvgIpc) is 2.98. The summed E-state index contributed by atoms with van der Waals surface area (Å²) < 4.78 is 36.2. The van der Waals surface area contributed by atoms with Gasteiger partial charge < -0.3 is 10.3 Å². The van der Waals surface area contributed by atoms with Crippen LogP contribution in [0.2, 0.25) is 0 Å². The van der Waals surface area contributed by atoms with Gasteiger partial charge in [-0.3, -0.25) is 4.65 Å². The van der Waals surface area contributed by atoms with Crippen LogP contribution >= 0.6 is 11.3 Å². The van der Waals surface area contributed by atoms with E-state index in [4.69, 9.17) is 6.42 Å². The lowest BCUT2D eigenvalue weighted by Crippen LogP contribution is -2.49. The molecule has 0 spiro atoms. The highest BCUT2D eigenvalue weighted by atomic mass is 32.1. The second kappa shape index (κ2) is 5.51. The van der Waals surface area contributed by atoms with Gasteiger partial charge in [0.05, 0.1) is 12.6 Å². The zero-order chi connectivity index (χ0) is 15.8. The fourth-order valence-corrected chi connectivity index (χ4v) is 2.93. The number of aliphatic hydroxyl groups is 1. The molecule has 0 aliphatic carbocycles. The van der Waals surface area contributed by atoms with Gasteiger partial charge in [0.1, 0.15) is 6.67 Å². The first-order valence-corrected chi connectivity index (χ1v) is 6.92. The predicted molar refractivity (Wildman–Crippen MR) is 70.6 cm³/mol. The Bertz CT molecular complexity index is 558. The van der Waals surface area contributed by atoms with Crippen LogP contribution in [-0.4, -0.2) is 45.7 Å². The van der Waals surface area contributed by atoms with Gasteiger partial charge in [-0.1, -0.05) is 17.9 Å². The number of hydroxylamine groups is 2. The summed E-state index contributed by atoms with van der Waals surface area (Å²) in [4.78, 5) is 1.56. The Morgan fingerprint density at radius 1 is 1.62 bits per heavy atom. The molecular formula is C11H13F3N4O2S. The first-order chi connectivity index (χ1) is 9.72. The van der Waals surface area contributed by atoms with E-state index in [1.165, 1.54) is 0 Å². The Labute approximate surface area is 123 Å². The Morgan fingerprint density at radius 2 is 2.29 bits per heavy atom. The molecule has 1 aromatic rings. The normalized spacial score (nSPS) is 28.5. The third-order valence-electron chi connectivity index (χ3n) is 3.27. The number of β-amino-alcohol motifs (C(OH)–C–C–N with tert-alkyl or cyclic N) is 1. The van der Waals surface area contributed by atoms with Gasteiger partial charge in [-0.2, -0.15) is 13.2 Å². The van der Waals surface area contributed by atoms with Gasteiger partial charge in [0.15, 0.2) is 0 Å². The Kier molecular flexibility index (Phi) is 4.23. The second-order valence-electron chi connectivity index (χ2n) is 4.67. The molecule has 0 bridgehead atoms. The van der Waals surface area contributed by atoms with Crippen LogP contribution in [-0.2, 0) is 6.18 Å². The summed E-state index contributed by atoms with van der Waals surface area (Å²) in [6.07, 6.45) is -0.202. The van der Waals surface area contributed by atoms with Gasteiger partial charge in [-0.05, 0) is 17.8 Å². The molecule has 21 heavy (non-hydrogen) atoms. The van der Waals surface area contributed by atoms with E-state index in [0.717, 1.165) is 0 Å². The van der Waals surface area contributed by atoms with Crippen LogP contribution in [0, 0.1) is 17.6 Å². The van der Waals surface area contributed by atoms with E-state index in [2.05, 4.69) is 16.1 Å². The van der Waals surface area contributed by atoms with Crippen molar-refractivity contribution in [2.45, 2.75) is 31.8 Å². The van der Waals surface area contributed by atoms with E-state index >= 15 is 0 Å². The van der Waals surface area contributed by atoms with Crippen molar-refractivity contribution in [3.63, 3.8) is 0 Å². The SMILES string of the molecule is C#CC(CC)N1CC(O)[N+]([O-])(c2nnc(C(F)(F)F)s2)C1.